The Bertz CT molecular complexity index is 425. The second-order valence-electron chi connectivity index (χ2n) is 8.55. The molecule has 0 amide bonds. The van der Waals surface area contributed by atoms with E-state index >= 15 is 0 Å². The molecule has 0 aromatic heterocycles. The molecule has 0 N–H and O–H groups in total. The summed E-state index contributed by atoms with van der Waals surface area (Å²) < 4.78 is 11.8. The highest BCUT2D eigenvalue weighted by atomic mass is 16.7. The van der Waals surface area contributed by atoms with Crippen LogP contribution in [0.3, 0.4) is 0 Å². The molecular formula is C21H34O2. The van der Waals surface area contributed by atoms with Gasteiger partial charge in [0.2, 0.25) is 0 Å². The molecule has 1 spiro atoms. The molecule has 1 aliphatic heterocycles. The van der Waals surface area contributed by atoms with Crippen LogP contribution in [0.1, 0.15) is 77.6 Å². The number of hydrogen-bond acceptors (Lipinski definition) is 2. The average Bonchev–Trinajstić information content (AvgIpc) is 3.04. The van der Waals surface area contributed by atoms with Crippen molar-refractivity contribution in [3.05, 3.63) is 11.6 Å². The predicted molar refractivity (Wildman–Crippen MR) is 93.1 cm³/mol. The second-order valence-corrected chi connectivity index (χ2v) is 8.55. The first kappa shape index (κ1) is 16.1. The lowest BCUT2D eigenvalue weighted by molar-refractivity contribution is -0.185. The highest BCUT2D eigenvalue weighted by Gasteiger charge is 2.43. The van der Waals surface area contributed by atoms with E-state index in [0.29, 0.717) is 0 Å². The highest BCUT2D eigenvalue weighted by Crippen LogP contribution is 2.50. The van der Waals surface area contributed by atoms with Crippen molar-refractivity contribution in [3.63, 3.8) is 0 Å². The first-order valence-electron chi connectivity index (χ1n) is 10.2. The molecule has 3 unspecified atom stereocenters. The van der Waals surface area contributed by atoms with Crippen molar-refractivity contribution in [3.8, 4) is 0 Å². The van der Waals surface area contributed by atoms with Gasteiger partial charge in [-0.1, -0.05) is 18.6 Å². The molecule has 2 heteroatoms. The minimum Gasteiger partial charge on any atom is -0.348 e. The third-order valence-corrected chi connectivity index (χ3v) is 7.31. The summed E-state index contributed by atoms with van der Waals surface area (Å²) in [6, 6.07) is 0. The van der Waals surface area contributed by atoms with E-state index in [1.807, 2.05) is 0 Å². The van der Waals surface area contributed by atoms with E-state index in [4.69, 9.17) is 9.47 Å². The van der Waals surface area contributed by atoms with Crippen molar-refractivity contribution in [2.75, 3.05) is 13.2 Å². The summed E-state index contributed by atoms with van der Waals surface area (Å²) in [6.07, 6.45) is 17.5. The van der Waals surface area contributed by atoms with E-state index in [1.54, 1.807) is 5.57 Å². The molecule has 4 fully saturated rings. The molecule has 0 aromatic carbocycles. The quantitative estimate of drug-likeness (QED) is 0.628. The Morgan fingerprint density at radius 3 is 2.35 bits per heavy atom. The lowest BCUT2D eigenvalue weighted by Crippen LogP contribution is -2.39. The fourth-order valence-electron chi connectivity index (χ4n) is 6.03. The minimum absolute atomic E-state index is 0.168. The van der Waals surface area contributed by atoms with Gasteiger partial charge in [-0.15, -0.1) is 0 Å². The first-order chi connectivity index (χ1) is 11.3. The summed E-state index contributed by atoms with van der Waals surface area (Å²) in [5.41, 5.74) is 1.77. The largest absolute Gasteiger partial charge is 0.348 e. The SMILES string of the molecule is CC/C=C1/CCC2CC(C3CCC4(CC3)OCCO4)CCC2C1. The molecule has 3 aliphatic carbocycles. The van der Waals surface area contributed by atoms with Crippen LogP contribution in [-0.4, -0.2) is 19.0 Å². The molecule has 1 heterocycles. The number of hydrogen-bond donors (Lipinski definition) is 0. The zero-order chi connectivity index (χ0) is 15.7. The standard InChI is InChI=1S/C21H34O2/c1-2-3-16-4-5-20-15-19(7-6-18(20)14-16)17-8-10-21(11-9-17)22-12-13-23-21/h3,17-20H,2,4-15H2,1H3/b16-3-. The summed E-state index contributed by atoms with van der Waals surface area (Å²) in [7, 11) is 0. The van der Waals surface area contributed by atoms with E-state index in [0.717, 1.165) is 49.7 Å². The van der Waals surface area contributed by atoms with Gasteiger partial charge in [-0.2, -0.15) is 0 Å². The summed E-state index contributed by atoms with van der Waals surface area (Å²) >= 11 is 0. The Labute approximate surface area is 142 Å². The average molecular weight is 319 g/mol. The third kappa shape index (κ3) is 3.39. The highest BCUT2D eigenvalue weighted by molar-refractivity contribution is 5.08. The fraction of sp³-hybridized carbons (Fsp3) is 0.905. The van der Waals surface area contributed by atoms with E-state index in [2.05, 4.69) is 13.0 Å². The maximum absolute atomic E-state index is 5.91. The second kappa shape index (κ2) is 6.88. The van der Waals surface area contributed by atoms with Crippen LogP contribution >= 0.6 is 0 Å². The van der Waals surface area contributed by atoms with Crippen molar-refractivity contribution < 1.29 is 9.47 Å². The molecule has 0 bridgehead atoms. The Kier molecular flexibility index (Phi) is 4.83. The molecule has 130 valence electrons. The van der Waals surface area contributed by atoms with Crippen molar-refractivity contribution in [2.24, 2.45) is 23.7 Å². The van der Waals surface area contributed by atoms with Gasteiger partial charge in [0, 0.05) is 12.8 Å². The summed E-state index contributed by atoms with van der Waals surface area (Å²) in [6.45, 7) is 3.90. The smallest absolute Gasteiger partial charge is 0.168 e. The molecule has 4 rings (SSSR count). The molecule has 3 saturated carbocycles. The topological polar surface area (TPSA) is 18.5 Å². The maximum atomic E-state index is 5.91. The Hall–Kier alpha value is -0.340. The Morgan fingerprint density at radius 2 is 1.61 bits per heavy atom. The van der Waals surface area contributed by atoms with Crippen LogP contribution < -0.4 is 0 Å². The van der Waals surface area contributed by atoms with Crippen molar-refractivity contribution in [1.82, 2.24) is 0 Å². The molecule has 0 aromatic rings. The third-order valence-electron chi connectivity index (χ3n) is 7.31. The molecule has 2 nitrogen and oxygen atoms in total. The Balaban J connectivity index is 1.30. The molecule has 4 aliphatic rings. The molecule has 0 radical (unpaired) electrons. The van der Waals surface area contributed by atoms with Gasteiger partial charge in [-0.3, -0.25) is 0 Å². The van der Waals surface area contributed by atoms with Gasteiger partial charge in [0.05, 0.1) is 13.2 Å². The van der Waals surface area contributed by atoms with E-state index in [9.17, 15) is 0 Å². The summed E-state index contributed by atoms with van der Waals surface area (Å²) in [5, 5.41) is 0. The van der Waals surface area contributed by atoms with E-state index in [-0.39, 0.29) is 5.79 Å². The van der Waals surface area contributed by atoms with E-state index in [1.165, 1.54) is 57.8 Å². The molecule has 1 saturated heterocycles. The maximum Gasteiger partial charge on any atom is 0.168 e. The van der Waals surface area contributed by atoms with Gasteiger partial charge in [-0.25, -0.2) is 0 Å². The van der Waals surface area contributed by atoms with E-state index < -0.39 is 0 Å². The zero-order valence-electron chi connectivity index (χ0n) is 14.9. The van der Waals surface area contributed by atoms with Crippen molar-refractivity contribution in [2.45, 2.75) is 83.3 Å². The van der Waals surface area contributed by atoms with Gasteiger partial charge < -0.3 is 9.47 Å². The van der Waals surface area contributed by atoms with Crippen LogP contribution in [0.5, 0.6) is 0 Å². The van der Waals surface area contributed by atoms with Crippen molar-refractivity contribution in [1.29, 1.82) is 0 Å². The number of ether oxygens (including phenoxy) is 2. The Morgan fingerprint density at radius 1 is 0.913 bits per heavy atom. The molecular weight excluding hydrogens is 284 g/mol. The van der Waals surface area contributed by atoms with Gasteiger partial charge in [0.15, 0.2) is 5.79 Å². The number of rotatable bonds is 2. The summed E-state index contributed by atoms with van der Waals surface area (Å²) in [5.74, 6) is 3.80. The van der Waals surface area contributed by atoms with Gasteiger partial charge in [0.25, 0.3) is 0 Å². The molecule has 23 heavy (non-hydrogen) atoms. The van der Waals surface area contributed by atoms with Gasteiger partial charge in [0.1, 0.15) is 0 Å². The van der Waals surface area contributed by atoms with Crippen LogP contribution in [0.15, 0.2) is 11.6 Å². The fourth-order valence-corrected chi connectivity index (χ4v) is 6.03. The number of fused-ring (bicyclic) bond motifs is 1. The van der Waals surface area contributed by atoms with Crippen LogP contribution in [0.2, 0.25) is 0 Å². The van der Waals surface area contributed by atoms with Gasteiger partial charge >= 0.3 is 0 Å². The van der Waals surface area contributed by atoms with Crippen LogP contribution in [0.4, 0.5) is 0 Å². The normalized spacial score (nSPS) is 39.7. The first-order valence-corrected chi connectivity index (χ1v) is 10.2. The lowest BCUT2D eigenvalue weighted by Gasteiger charge is -2.45. The van der Waals surface area contributed by atoms with Crippen LogP contribution in [-0.2, 0) is 9.47 Å². The lowest BCUT2D eigenvalue weighted by atomic mass is 9.62. The zero-order valence-corrected chi connectivity index (χ0v) is 14.9. The molecule has 3 atom stereocenters. The van der Waals surface area contributed by atoms with Crippen LogP contribution in [0, 0.1) is 23.7 Å². The van der Waals surface area contributed by atoms with Crippen LogP contribution in [0.25, 0.3) is 0 Å². The summed E-state index contributed by atoms with van der Waals surface area (Å²) in [4.78, 5) is 0. The predicted octanol–water partition coefficient (Wildman–Crippen LogP) is 5.47. The van der Waals surface area contributed by atoms with Gasteiger partial charge in [-0.05, 0) is 81.5 Å². The van der Waals surface area contributed by atoms with Crippen molar-refractivity contribution >= 4 is 0 Å². The number of allylic oxidation sites excluding steroid dienone is 2. The monoisotopic (exact) mass is 318 g/mol. The minimum atomic E-state index is -0.168.